The van der Waals surface area contributed by atoms with Crippen molar-refractivity contribution in [1.29, 1.82) is 0 Å². The van der Waals surface area contributed by atoms with Crippen LogP contribution in [0.4, 0.5) is 0 Å². The van der Waals surface area contributed by atoms with Crippen LogP contribution in [0.3, 0.4) is 0 Å². The molecule has 0 amide bonds. The third kappa shape index (κ3) is 1.96. The second-order valence-corrected chi connectivity index (χ2v) is 4.90. The molecule has 0 heterocycles. The number of hydrogen-bond acceptors (Lipinski definition) is 0. The first-order valence-electron chi connectivity index (χ1n) is 6.88. The SMILES string of the molecule is CC.Cc1ccc2c(c1)C(C)c1cc(C)ccc1-2. The smallest absolute Gasteiger partial charge is 0.00735 e. The minimum absolute atomic E-state index is 0.546. The Balaban J connectivity index is 0.000000574. The first kappa shape index (κ1) is 12.9. The molecule has 0 fully saturated rings. The van der Waals surface area contributed by atoms with E-state index in [1.54, 1.807) is 0 Å². The average molecular weight is 238 g/mol. The molecule has 1 aliphatic rings. The second-order valence-electron chi connectivity index (χ2n) is 4.90. The van der Waals surface area contributed by atoms with Crippen LogP contribution < -0.4 is 0 Å². The third-order valence-electron chi connectivity index (χ3n) is 3.64. The highest BCUT2D eigenvalue weighted by Crippen LogP contribution is 2.44. The summed E-state index contributed by atoms with van der Waals surface area (Å²) < 4.78 is 0. The Morgan fingerprint density at radius 1 is 0.722 bits per heavy atom. The van der Waals surface area contributed by atoms with Gasteiger partial charge in [-0.3, -0.25) is 0 Å². The summed E-state index contributed by atoms with van der Waals surface area (Å²) in [4.78, 5) is 0. The lowest BCUT2D eigenvalue weighted by atomic mass is 9.97. The summed E-state index contributed by atoms with van der Waals surface area (Å²) in [6.45, 7) is 10.6. The van der Waals surface area contributed by atoms with Crippen molar-refractivity contribution in [2.24, 2.45) is 0 Å². The number of fused-ring (bicyclic) bond motifs is 3. The minimum Gasteiger partial charge on any atom is -0.0683 e. The van der Waals surface area contributed by atoms with Crippen molar-refractivity contribution in [3.8, 4) is 11.1 Å². The highest BCUT2D eigenvalue weighted by molar-refractivity contribution is 5.79. The Labute approximate surface area is 111 Å². The molecule has 0 saturated heterocycles. The van der Waals surface area contributed by atoms with Crippen LogP contribution in [0.15, 0.2) is 36.4 Å². The largest absolute Gasteiger partial charge is 0.0683 e. The van der Waals surface area contributed by atoms with Crippen LogP contribution in [0.5, 0.6) is 0 Å². The van der Waals surface area contributed by atoms with Gasteiger partial charge in [0.1, 0.15) is 0 Å². The van der Waals surface area contributed by atoms with Crippen molar-refractivity contribution in [2.75, 3.05) is 0 Å². The standard InChI is InChI=1S/C16H16.C2H6/c1-10-4-6-13-14-7-5-11(2)9-16(14)12(3)15(13)8-10;1-2/h4-9,12H,1-3H3;1-2H3. The summed E-state index contributed by atoms with van der Waals surface area (Å²) in [5.41, 5.74) is 8.53. The predicted molar refractivity (Wildman–Crippen MR) is 80.2 cm³/mol. The van der Waals surface area contributed by atoms with Gasteiger partial charge in [-0.05, 0) is 36.1 Å². The van der Waals surface area contributed by atoms with Gasteiger partial charge in [0.25, 0.3) is 0 Å². The van der Waals surface area contributed by atoms with Gasteiger partial charge in [-0.1, -0.05) is 68.3 Å². The van der Waals surface area contributed by atoms with Crippen LogP contribution in [0.2, 0.25) is 0 Å². The van der Waals surface area contributed by atoms with E-state index in [4.69, 9.17) is 0 Å². The van der Waals surface area contributed by atoms with Gasteiger partial charge in [0.2, 0.25) is 0 Å². The molecule has 0 nitrogen and oxygen atoms in total. The summed E-state index contributed by atoms with van der Waals surface area (Å²) in [6, 6.07) is 13.6. The van der Waals surface area contributed by atoms with E-state index in [-0.39, 0.29) is 0 Å². The van der Waals surface area contributed by atoms with Crippen molar-refractivity contribution in [3.05, 3.63) is 58.7 Å². The molecule has 0 atom stereocenters. The average Bonchev–Trinajstić information content (AvgIpc) is 2.65. The Morgan fingerprint density at radius 3 is 1.50 bits per heavy atom. The van der Waals surface area contributed by atoms with Gasteiger partial charge in [0.05, 0.1) is 0 Å². The molecule has 18 heavy (non-hydrogen) atoms. The highest BCUT2D eigenvalue weighted by atomic mass is 14.3. The van der Waals surface area contributed by atoms with Crippen molar-refractivity contribution in [3.63, 3.8) is 0 Å². The van der Waals surface area contributed by atoms with Gasteiger partial charge in [0.15, 0.2) is 0 Å². The van der Waals surface area contributed by atoms with Crippen molar-refractivity contribution in [1.82, 2.24) is 0 Å². The Hall–Kier alpha value is -1.56. The van der Waals surface area contributed by atoms with E-state index in [1.165, 1.54) is 33.4 Å². The Kier molecular flexibility index (Phi) is 3.56. The fourth-order valence-corrected chi connectivity index (χ4v) is 2.74. The van der Waals surface area contributed by atoms with E-state index in [0.29, 0.717) is 5.92 Å². The van der Waals surface area contributed by atoms with Gasteiger partial charge < -0.3 is 0 Å². The molecule has 3 rings (SSSR count). The van der Waals surface area contributed by atoms with Crippen LogP contribution in [0, 0.1) is 13.8 Å². The zero-order valence-corrected chi connectivity index (χ0v) is 12.0. The summed E-state index contributed by atoms with van der Waals surface area (Å²) in [6.07, 6.45) is 0. The lowest BCUT2D eigenvalue weighted by molar-refractivity contribution is 0.952. The molecule has 0 aromatic heterocycles. The third-order valence-corrected chi connectivity index (χ3v) is 3.64. The monoisotopic (exact) mass is 238 g/mol. The summed E-state index contributed by atoms with van der Waals surface area (Å²) in [5.74, 6) is 0.546. The van der Waals surface area contributed by atoms with E-state index in [9.17, 15) is 0 Å². The van der Waals surface area contributed by atoms with E-state index in [1.807, 2.05) is 13.8 Å². The molecule has 0 unspecified atom stereocenters. The number of rotatable bonds is 0. The fraction of sp³-hybridized carbons (Fsp3) is 0.333. The molecule has 2 aromatic rings. The molecule has 0 spiro atoms. The van der Waals surface area contributed by atoms with Crippen LogP contribution >= 0.6 is 0 Å². The summed E-state index contributed by atoms with van der Waals surface area (Å²) in [7, 11) is 0. The number of hydrogen-bond donors (Lipinski definition) is 0. The lowest BCUT2D eigenvalue weighted by Crippen LogP contribution is -1.90. The van der Waals surface area contributed by atoms with Crippen molar-refractivity contribution < 1.29 is 0 Å². The molecular weight excluding hydrogens is 216 g/mol. The molecule has 2 aromatic carbocycles. The molecule has 0 bridgehead atoms. The normalized spacial score (nSPS) is 12.5. The quantitative estimate of drug-likeness (QED) is 0.571. The first-order chi connectivity index (χ1) is 8.66. The van der Waals surface area contributed by atoms with Gasteiger partial charge >= 0.3 is 0 Å². The molecule has 0 saturated carbocycles. The minimum atomic E-state index is 0.546. The van der Waals surface area contributed by atoms with Crippen molar-refractivity contribution >= 4 is 0 Å². The van der Waals surface area contributed by atoms with E-state index in [0.717, 1.165) is 0 Å². The van der Waals surface area contributed by atoms with Crippen molar-refractivity contribution in [2.45, 2.75) is 40.5 Å². The number of aryl methyl sites for hydroxylation is 2. The van der Waals surface area contributed by atoms with Crippen LogP contribution in [0.25, 0.3) is 11.1 Å². The molecule has 94 valence electrons. The Morgan fingerprint density at radius 2 is 1.11 bits per heavy atom. The maximum absolute atomic E-state index is 2.33. The van der Waals surface area contributed by atoms with Crippen LogP contribution in [-0.4, -0.2) is 0 Å². The van der Waals surface area contributed by atoms with Crippen LogP contribution in [-0.2, 0) is 0 Å². The second kappa shape index (κ2) is 4.97. The molecule has 0 N–H and O–H groups in total. The van der Waals surface area contributed by atoms with Gasteiger partial charge in [0, 0.05) is 5.92 Å². The van der Waals surface area contributed by atoms with Gasteiger partial charge in [-0.15, -0.1) is 0 Å². The number of benzene rings is 2. The topological polar surface area (TPSA) is 0 Å². The van der Waals surface area contributed by atoms with Gasteiger partial charge in [-0.25, -0.2) is 0 Å². The fourth-order valence-electron chi connectivity index (χ4n) is 2.74. The first-order valence-corrected chi connectivity index (χ1v) is 6.88. The zero-order valence-electron chi connectivity index (χ0n) is 12.0. The Bertz CT molecular complexity index is 513. The maximum Gasteiger partial charge on any atom is 0.00735 e. The van der Waals surface area contributed by atoms with Gasteiger partial charge in [-0.2, -0.15) is 0 Å². The van der Waals surface area contributed by atoms with E-state index in [2.05, 4.69) is 57.2 Å². The van der Waals surface area contributed by atoms with E-state index >= 15 is 0 Å². The molecule has 0 radical (unpaired) electrons. The summed E-state index contributed by atoms with van der Waals surface area (Å²) >= 11 is 0. The molecular formula is C18H22. The zero-order chi connectivity index (χ0) is 13.3. The maximum atomic E-state index is 2.33. The molecule has 0 heteroatoms. The predicted octanol–water partition coefficient (Wildman–Crippen LogP) is 5.46. The molecule has 0 aliphatic heterocycles. The van der Waals surface area contributed by atoms with E-state index < -0.39 is 0 Å². The molecule has 1 aliphatic carbocycles. The highest BCUT2D eigenvalue weighted by Gasteiger charge is 2.24. The lowest BCUT2D eigenvalue weighted by Gasteiger charge is -2.07. The summed E-state index contributed by atoms with van der Waals surface area (Å²) in [5, 5.41) is 0. The van der Waals surface area contributed by atoms with Crippen LogP contribution in [0.1, 0.15) is 48.9 Å².